The maximum atomic E-state index is 11.0. The average molecular weight is 194 g/mol. The summed E-state index contributed by atoms with van der Waals surface area (Å²) in [5.41, 5.74) is 0.436. The molecule has 1 N–H and O–H groups in total. The summed E-state index contributed by atoms with van der Waals surface area (Å²) in [6.45, 7) is 3.50. The summed E-state index contributed by atoms with van der Waals surface area (Å²) in [4.78, 5) is 11.0. The van der Waals surface area contributed by atoms with Crippen LogP contribution in [0.2, 0.25) is 0 Å². The molecule has 2 heterocycles. The molecule has 1 saturated heterocycles. The fourth-order valence-electron chi connectivity index (χ4n) is 1.74. The number of nitrogens with one attached hydrogen (secondary N) is 1. The maximum absolute atomic E-state index is 11.0. The van der Waals surface area contributed by atoms with Crippen LogP contribution in [-0.4, -0.2) is 24.0 Å². The first kappa shape index (κ1) is 9.40. The fraction of sp³-hybridized carbons (Fsp3) is 0.600. The van der Waals surface area contributed by atoms with E-state index in [1.807, 2.05) is 0 Å². The highest BCUT2D eigenvalue weighted by Gasteiger charge is 2.20. The number of carbonyl (C=O) groups excluding carboxylic acids is 1. The van der Waals surface area contributed by atoms with Gasteiger partial charge in [-0.25, -0.2) is 0 Å². The number of hydrogen-bond acceptors (Lipinski definition) is 4. The molecule has 0 aromatic carbocycles. The Morgan fingerprint density at radius 1 is 1.71 bits per heavy atom. The Bertz CT molecular complexity index is 327. The molecule has 0 saturated carbocycles. The molecule has 76 valence electrons. The van der Waals surface area contributed by atoms with Crippen molar-refractivity contribution >= 4 is 5.78 Å². The Hall–Kier alpha value is -1.16. The molecule has 1 aromatic rings. The first-order valence-electron chi connectivity index (χ1n) is 4.95. The van der Waals surface area contributed by atoms with Gasteiger partial charge in [-0.3, -0.25) is 4.79 Å². The van der Waals surface area contributed by atoms with Gasteiger partial charge in [-0.2, -0.15) is 0 Å². The predicted molar refractivity (Wildman–Crippen MR) is 51.4 cm³/mol. The standard InChI is InChI=1S/C10H14N2O2/c1-7(13)9-5-10(14-12-9)8-3-2-4-11-6-8/h5,8,11H,2-4,6H2,1H3. The van der Waals surface area contributed by atoms with Crippen molar-refractivity contribution < 1.29 is 9.32 Å². The lowest BCUT2D eigenvalue weighted by Gasteiger charge is -2.19. The van der Waals surface area contributed by atoms with Crippen molar-refractivity contribution in [1.29, 1.82) is 0 Å². The number of nitrogens with zero attached hydrogens (tertiary/aromatic N) is 1. The van der Waals surface area contributed by atoms with Crippen LogP contribution >= 0.6 is 0 Å². The van der Waals surface area contributed by atoms with Crippen LogP contribution in [0, 0.1) is 0 Å². The molecular formula is C10H14N2O2. The molecule has 0 bridgehead atoms. The van der Waals surface area contributed by atoms with Crippen molar-refractivity contribution in [2.75, 3.05) is 13.1 Å². The van der Waals surface area contributed by atoms with Crippen molar-refractivity contribution in [2.24, 2.45) is 0 Å². The van der Waals surface area contributed by atoms with E-state index >= 15 is 0 Å². The summed E-state index contributed by atoms with van der Waals surface area (Å²) in [6.07, 6.45) is 2.26. The summed E-state index contributed by atoms with van der Waals surface area (Å²) in [7, 11) is 0. The quantitative estimate of drug-likeness (QED) is 0.722. The van der Waals surface area contributed by atoms with Crippen LogP contribution in [0.15, 0.2) is 10.6 Å². The van der Waals surface area contributed by atoms with Gasteiger partial charge >= 0.3 is 0 Å². The van der Waals surface area contributed by atoms with Crippen LogP contribution < -0.4 is 5.32 Å². The molecule has 4 nitrogen and oxygen atoms in total. The van der Waals surface area contributed by atoms with Crippen LogP contribution in [0.25, 0.3) is 0 Å². The van der Waals surface area contributed by atoms with Gasteiger partial charge in [0.25, 0.3) is 0 Å². The van der Waals surface area contributed by atoms with E-state index in [-0.39, 0.29) is 5.78 Å². The number of piperidine rings is 1. The van der Waals surface area contributed by atoms with Gasteiger partial charge in [-0.15, -0.1) is 0 Å². The molecule has 1 unspecified atom stereocenters. The van der Waals surface area contributed by atoms with Gasteiger partial charge in [0.15, 0.2) is 5.78 Å². The van der Waals surface area contributed by atoms with Crippen molar-refractivity contribution in [3.63, 3.8) is 0 Å². The lowest BCUT2D eigenvalue weighted by Crippen LogP contribution is -2.28. The summed E-state index contributed by atoms with van der Waals surface area (Å²) >= 11 is 0. The minimum Gasteiger partial charge on any atom is -0.360 e. The number of rotatable bonds is 2. The molecule has 1 atom stereocenters. The van der Waals surface area contributed by atoms with E-state index in [0.29, 0.717) is 11.6 Å². The van der Waals surface area contributed by atoms with Gasteiger partial charge in [0, 0.05) is 25.5 Å². The molecule has 0 aliphatic carbocycles. The van der Waals surface area contributed by atoms with Gasteiger partial charge < -0.3 is 9.84 Å². The molecule has 2 rings (SSSR count). The Labute approximate surface area is 82.7 Å². The molecule has 0 amide bonds. The SMILES string of the molecule is CC(=O)c1cc(C2CCCNC2)on1. The van der Waals surface area contributed by atoms with Crippen LogP contribution in [-0.2, 0) is 0 Å². The third kappa shape index (κ3) is 1.85. The van der Waals surface area contributed by atoms with E-state index in [9.17, 15) is 4.79 Å². The zero-order chi connectivity index (χ0) is 9.97. The Balaban J connectivity index is 2.11. The van der Waals surface area contributed by atoms with Crippen molar-refractivity contribution in [3.05, 3.63) is 17.5 Å². The molecule has 1 aliphatic heterocycles. The molecule has 1 aromatic heterocycles. The maximum Gasteiger partial charge on any atom is 0.181 e. The molecule has 0 spiro atoms. The van der Waals surface area contributed by atoms with Crippen molar-refractivity contribution in [1.82, 2.24) is 10.5 Å². The Kier molecular flexibility index (Phi) is 2.63. The molecule has 14 heavy (non-hydrogen) atoms. The number of carbonyl (C=O) groups is 1. The van der Waals surface area contributed by atoms with E-state index in [2.05, 4.69) is 10.5 Å². The first-order chi connectivity index (χ1) is 6.77. The van der Waals surface area contributed by atoms with Gasteiger partial charge in [0.2, 0.25) is 0 Å². The van der Waals surface area contributed by atoms with Crippen LogP contribution in [0.4, 0.5) is 0 Å². The number of aromatic nitrogens is 1. The Morgan fingerprint density at radius 3 is 3.14 bits per heavy atom. The monoisotopic (exact) mass is 194 g/mol. The highest BCUT2D eigenvalue weighted by atomic mass is 16.5. The van der Waals surface area contributed by atoms with Crippen LogP contribution in [0.3, 0.4) is 0 Å². The van der Waals surface area contributed by atoms with Gasteiger partial charge in [-0.05, 0) is 19.4 Å². The van der Waals surface area contributed by atoms with Crippen LogP contribution in [0.1, 0.15) is 41.9 Å². The molecule has 4 heteroatoms. The van der Waals surface area contributed by atoms with Crippen LogP contribution in [0.5, 0.6) is 0 Å². The third-order valence-electron chi connectivity index (χ3n) is 2.59. The molecule has 1 aliphatic rings. The smallest absolute Gasteiger partial charge is 0.181 e. The first-order valence-corrected chi connectivity index (χ1v) is 4.95. The number of ketones is 1. The molecule has 0 radical (unpaired) electrons. The predicted octanol–water partition coefficient (Wildman–Crippen LogP) is 1.34. The highest BCUT2D eigenvalue weighted by Crippen LogP contribution is 2.23. The van der Waals surface area contributed by atoms with E-state index in [0.717, 1.165) is 31.7 Å². The highest BCUT2D eigenvalue weighted by molar-refractivity contribution is 5.91. The molecule has 1 fully saturated rings. The lowest BCUT2D eigenvalue weighted by molar-refractivity contribution is 0.100. The zero-order valence-corrected chi connectivity index (χ0v) is 8.25. The van der Waals surface area contributed by atoms with Crippen molar-refractivity contribution in [3.8, 4) is 0 Å². The topological polar surface area (TPSA) is 55.1 Å². The second-order valence-corrected chi connectivity index (χ2v) is 3.71. The van der Waals surface area contributed by atoms with Gasteiger partial charge in [0.1, 0.15) is 11.5 Å². The number of Topliss-reactive ketones (excluding diaryl/α,β-unsaturated/α-hetero) is 1. The Morgan fingerprint density at radius 2 is 2.57 bits per heavy atom. The van der Waals surface area contributed by atoms with E-state index in [1.54, 1.807) is 6.07 Å². The van der Waals surface area contributed by atoms with E-state index in [1.165, 1.54) is 6.92 Å². The van der Waals surface area contributed by atoms with Gasteiger partial charge in [0.05, 0.1) is 0 Å². The summed E-state index contributed by atoms with van der Waals surface area (Å²) in [5, 5.41) is 7.04. The minimum absolute atomic E-state index is 0.0382. The van der Waals surface area contributed by atoms with Crippen molar-refractivity contribution in [2.45, 2.75) is 25.7 Å². The van der Waals surface area contributed by atoms with Gasteiger partial charge in [-0.1, -0.05) is 5.16 Å². The molecular weight excluding hydrogens is 180 g/mol. The number of hydrogen-bond donors (Lipinski definition) is 1. The fourth-order valence-corrected chi connectivity index (χ4v) is 1.74. The lowest BCUT2D eigenvalue weighted by atomic mass is 9.97. The largest absolute Gasteiger partial charge is 0.360 e. The second-order valence-electron chi connectivity index (χ2n) is 3.71. The minimum atomic E-state index is -0.0382. The average Bonchev–Trinajstić information content (AvgIpc) is 2.68. The zero-order valence-electron chi connectivity index (χ0n) is 8.25. The summed E-state index contributed by atoms with van der Waals surface area (Å²) < 4.78 is 5.15. The second kappa shape index (κ2) is 3.92. The van der Waals surface area contributed by atoms with E-state index < -0.39 is 0 Å². The summed E-state index contributed by atoms with van der Waals surface area (Å²) in [5.74, 6) is 1.18. The summed E-state index contributed by atoms with van der Waals surface area (Å²) in [6, 6.07) is 1.76. The third-order valence-corrected chi connectivity index (χ3v) is 2.59. The normalized spacial score (nSPS) is 22.2. The van der Waals surface area contributed by atoms with E-state index in [4.69, 9.17) is 4.52 Å².